The van der Waals surface area contributed by atoms with Crippen LogP contribution >= 0.6 is 46.4 Å². The highest BCUT2D eigenvalue weighted by atomic mass is 35.5. The van der Waals surface area contributed by atoms with Crippen LogP contribution in [0.1, 0.15) is 11.3 Å². The minimum atomic E-state index is -0.717. The Morgan fingerprint density at radius 1 is 1.17 bits per heavy atom. The number of amides is 1. The van der Waals surface area contributed by atoms with Crippen molar-refractivity contribution in [2.24, 2.45) is 0 Å². The molecule has 0 aliphatic rings. The van der Waals surface area contributed by atoms with Crippen LogP contribution in [0.3, 0.4) is 0 Å². The second-order valence-corrected chi connectivity index (χ2v) is 7.56. The SMILES string of the molecule is Cc1c(Cl)c([N+](=O)[O-])nn1CC(=O)Nc1nn(Cc2ccc(Cl)c(Cl)c2)cc1Cl. The highest BCUT2D eigenvalue weighted by Crippen LogP contribution is 2.27. The van der Waals surface area contributed by atoms with Gasteiger partial charge in [-0.2, -0.15) is 9.78 Å². The van der Waals surface area contributed by atoms with E-state index < -0.39 is 16.6 Å². The number of aromatic nitrogens is 4. The van der Waals surface area contributed by atoms with E-state index in [4.69, 9.17) is 46.4 Å². The molecule has 0 bridgehead atoms. The first-order valence-electron chi connectivity index (χ1n) is 7.99. The Morgan fingerprint density at radius 3 is 2.52 bits per heavy atom. The maximum Gasteiger partial charge on any atom is 0.408 e. The molecular weight excluding hydrogens is 466 g/mol. The highest BCUT2D eigenvalue weighted by molar-refractivity contribution is 6.42. The van der Waals surface area contributed by atoms with Crippen molar-refractivity contribution >= 4 is 63.9 Å². The number of nitrogens with zero attached hydrogens (tertiary/aromatic N) is 5. The second kappa shape index (κ2) is 8.58. The normalized spacial score (nSPS) is 10.9. The van der Waals surface area contributed by atoms with Crippen molar-refractivity contribution in [1.29, 1.82) is 0 Å². The van der Waals surface area contributed by atoms with Crippen LogP contribution in [0, 0.1) is 17.0 Å². The summed E-state index contributed by atoms with van der Waals surface area (Å²) in [6, 6.07) is 5.16. The third kappa shape index (κ3) is 4.81. The zero-order chi connectivity index (χ0) is 21.3. The van der Waals surface area contributed by atoms with Crippen molar-refractivity contribution in [3.63, 3.8) is 0 Å². The first-order valence-corrected chi connectivity index (χ1v) is 9.51. The summed E-state index contributed by atoms with van der Waals surface area (Å²) in [5, 5.41) is 22.4. The Balaban J connectivity index is 1.71. The lowest BCUT2D eigenvalue weighted by molar-refractivity contribution is -0.389. The molecule has 0 aliphatic carbocycles. The fraction of sp³-hybridized carbons (Fsp3) is 0.188. The lowest BCUT2D eigenvalue weighted by Crippen LogP contribution is -2.21. The third-order valence-electron chi connectivity index (χ3n) is 3.89. The second-order valence-electron chi connectivity index (χ2n) is 5.96. The molecule has 13 heteroatoms. The lowest BCUT2D eigenvalue weighted by atomic mass is 10.2. The topological polar surface area (TPSA) is 108 Å². The molecule has 3 rings (SSSR count). The molecule has 3 aromatic rings. The fourth-order valence-electron chi connectivity index (χ4n) is 2.47. The maximum atomic E-state index is 12.3. The summed E-state index contributed by atoms with van der Waals surface area (Å²) in [5.74, 6) is -0.896. The van der Waals surface area contributed by atoms with E-state index in [2.05, 4.69) is 15.5 Å². The molecule has 1 N–H and O–H groups in total. The first kappa shape index (κ1) is 21.4. The molecule has 0 saturated carbocycles. The van der Waals surface area contributed by atoms with Gasteiger partial charge in [-0.25, -0.2) is 0 Å². The minimum Gasteiger partial charge on any atom is -0.358 e. The molecule has 0 saturated heterocycles. The number of carbonyl (C=O) groups is 1. The molecule has 29 heavy (non-hydrogen) atoms. The van der Waals surface area contributed by atoms with E-state index in [9.17, 15) is 14.9 Å². The number of carbonyl (C=O) groups excluding carboxylic acids is 1. The Labute approximate surface area is 184 Å². The van der Waals surface area contributed by atoms with Gasteiger partial charge in [-0.1, -0.05) is 52.5 Å². The highest BCUT2D eigenvalue weighted by Gasteiger charge is 2.25. The predicted molar refractivity (Wildman–Crippen MR) is 110 cm³/mol. The van der Waals surface area contributed by atoms with E-state index in [1.54, 1.807) is 24.4 Å². The van der Waals surface area contributed by atoms with E-state index in [-0.39, 0.29) is 22.4 Å². The average molecular weight is 478 g/mol. The molecule has 2 aromatic heterocycles. The summed E-state index contributed by atoms with van der Waals surface area (Å²) in [4.78, 5) is 22.5. The van der Waals surface area contributed by atoms with Gasteiger partial charge in [0.15, 0.2) is 10.8 Å². The van der Waals surface area contributed by atoms with E-state index >= 15 is 0 Å². The summed E-state index contributed by atoms with van der Waals surface area (Å²) in [5.41, 5.74) is 1.13. The third-order valence-corrected chi connectivity index (χ3v) is 5.34. The summed E-state index contributed by atoms with van der Waals surface area (Å²) < 4.78 is 2.66. The van der Waals surface area contributed by atoms with Crippen LogP contribution in [-0.4, -0.2) is 30.4 Å². The quantitative estimate of drug-likeness (QED) is 0.412. The van der Waals surface area contributed by atoms with E-state index in [1.807, 2.05) is 0 Å². The number of hydrogen-bond acceptors (Lipinski definition) is 5. The van der Waals surface area contributed by atoms with E-state index in [0.717, 1.165) is 10.2 Å². The minimum absolute atomic E-state index is 0.119. The van der Waals surface area contributed by atoms with Gasteiger partial charge in [-0.3, -0.25) is 9.48 Å². The molecule has 0 spiro atoms. The first-order chi connectivity index (χ1) is 13.7. The average Bonchev–Trinajstić information content (AvgIpc) is 3.12. The largest absolute Gasteiger partial charge is 0.408 e. The number of nitro groups is 1. The zero-order valence-corrected chi connectivity index (χ0v) is 17.7. The summed E-state index contributed by atoms with van der Waals surface area (Å²) >= 11 is 23.9. The Morgan fingerprint density at radius 2 is 1.90 bits per heavy atom. The van der Waals surface area contributed by atoms with Gasteiger partial charge in [-0.05, 0) is 29.5 Å². The van der Waals surface area contributed by atoms with E-state index in [1.165, 1.54) is 11.6 Å². The maximum absolute atomic E-state index is 12.3. The number of hydrogen-bond donors (Lipinski definition) is 1. The van der Waals surface area contributed by atoms with E-state index in [0.29, 0.717) is 22.3 Å². The number of halogens is 4. The fourth-order valence-corrected chi connectivity index (χ4v) is 3.20. The van der Waals surface area contributed by atoms with Gasteiger partial charge < -0.3 is 15.4 Å². The van der Waals surface area contributed by atoms with Crippen molar-refractivity contribution in [2.75, 3.05) is 5.32 Å². The number of rotatable bonds is 6. The molecule has 0 radical (unpaired) electrons. The molecule has 1 amide bonds. The van der Waals surface area contributed by atoms with Crippen molar-refractivity contribution in [1.82, 2.24) is 19.6 Å². The van der Waals surface area contributed by atoms with Crippen LogP contribution in [0.15, 0.2) is 24.4 Å². The Bertz CT molecular complexity index is 1110. The number of nitrogens with one attached hydrogen (secondary N) is 1. The van der Waals surface area contributed by atoms with Gasteiger partial charge in [0.25, 0.3) is 0 Å². The van der Waals surface area contributed by atoms with Crippen molar-refractivity contribution in [2.45, 2.75) is 20.0 Å². The summed E-state index contributed by atoms with van der Waals surface area (Å²) in [6.45, 7) is 1.58. The van der Waals surface area contributed by atoms with Crippen LogP contribution < -0.4 is 5.32 Å². The van der Waals surface area contributed by atoms with Gasteiger partial charge in [0.1, 0.15) is 11.6 Å². The van der Waals surface area contributed by atoms with Crippen molar-refractivity contribution < 1.29 is 9.72 Å². The predicted octanol–water partition coefficient (Wildman–Crippen LogP) is 4.60. The molecule has 1 aromatic carbocycles. The van der Waals surface area contributed by atoms with Crippen LogP contribution in [0.5, 0.6) is 0 Å². The molecule has 9 nitrogen and oxygen atoms in total. The molecule has 0 aliphatic heterocycles. The molecule has 152 valence electrons. The van der Waals surface area contributed by atoms with Crippen LogP contribution in [-0.2, 0) is 17.9 Å². The monoisotopic (exact) mass is 476 g/mol. The molecule has 2 heterocycles. The van der Waals surface area contributed by atoms with Gasteiger partial charge >= 0.3 is 5.82 Å². The zero-order valence-electron chi connectivity index (χ0n) is 14.7. The van der Waals surface area contributed by atoms with Crippen LogP contribution in [0.2, 0.25) is 20.1 Å². The smallest absolute Gasteiger partial charge is 0.358 e. The van der Waals surface area contributed by atoms with Gasteiger partial charge in [-0.15, -0.1) is 0 Å². The van der Waals surface area contributed by atoms with Gasteiger partial charge in [0.2, 0.25) is 5.91 Å². The van der Waals surface area contributed by atoms with Gasteiger partial charge in [0.05, 0.1) is 27.4 Å². The standard InChI is InChI=1S/C16H12Cl4N6O3/c1-8-14(20)16(26(28)29)23-25(8)7-13(27)21-15-12(19)6-24(22-15)5-9-2-3-10(17)11(18)4-9/h2-4,6H,5,7H2,1H3,(H,21,22,27). The molecule has 0 fully saturated rings. The molecule has 0 unspecified atom stereocenters. The molecular formula is C16H12Cl4N6O3. The lowest BCUT2D eigenvalue weighted by Gasteiger charge is -2.04. The number of anilines is 1. The summed E-state index contributed by atoms with van der Waals surface area (Å²) in [7, 11) is 0. The van der Waals surface area contributed by atoms with Crippen LogP contribution in [0.25, 0.3) is 0 Å². The number of benzene rings is 1. The van der Waals surface area contributed by atoms with Crippen molar-refractivity contribution in [3.05, 3.63) is 65.9 Å². The Kier molecular flexibility index (Phi) is 6.33. The van der Waals surface area contributed by atoms with Gasteiger partial charge in [0, 0.05) is 6.20 Å². The molecule has 0 atom stereocenters. The Hall–Kier alpha value is -2.33. The summed E-state index contributed by atoms with van der Waals surface area (Å²) in [6.07, 6.45) is 1.54. The van der Waals surface area contributed by atoms with Crippen molar-refractivity contribution in [3.8, 4) is 0 Å². The van der Waals surface area contributed by atoms with Crippen LogP contribution in [0.4, 0.5) is 11.6 Å².